The summed E-state index contributed by atoms with van der Waals surface area (Å²) in [5.74, 6) is 0.313. The van der Waals surface area contributed by atoms with E-state index >= 15 is 0 Å². The first kappa shape index (κ1) is 12.4. The van der Waals surface area contributed by atoms with Crippen LogP contribution in [0.2, 0.25) is 0 Å². The van der Waals surface area contributed by atoms with Crippen molar-refractivity contribution in [3.63, 3.8) is 0 Å². The molecule has 1 aliphatic carbocycles. The van der Waals surface area contributed by atoms with E-state index in [9.17, 15) is 4.79 Å². The van der Waals surface area contributed by atoms with Crippen molar-refractivity contribution in [2.24, 2.45) is 0 Å². The van der Waals surface area contributed by atoms with Crippen LogP contribution < -0.4 is 5.32 Å². The van der Waals surface area contributed by atoms with Crippen LogP contribution in [-0.4, -0.2) is 60.5 Å². The minimum Gasteiger partial charge on any atom is -0.339 e. The molecule has 102 valence electrons. The molecule has 2 saturated heterocycles. The Balaban J connectivity index is 1.44. The normalized spacial score (nSPS) is 29.8. The predicted octanol–water partition coefficient (Wildman–Crippen LogP) is 0.825. The van der Waals surface area contributed by atoms with E-state index in [-0.39, 0.29) is 0 Å². The Labute approximate surface area is 110 Å². The van der Waals surface area contributed by atoms with E-state index in [4.69, 9.17) is 0 Å². The Morgan fingerprint density at radius 2 is 1.89 bits per heavy atom. The maximum absolute atomic E-state index is 12.2. The van der Waals surface area contributed by atoms with Gasteiger partial charge in [-0.3, -0.25) is 9.69 Å². The molecule has 4 heteroatoms. The summed E-state index contributed by atoms with van der Waals surface area (Å²) in [5.41, 5.74) is 0. The molecule has 0 aromatic carbocycles. The zero-order chi connectivity index (χ0) is 12.4. The highest BCUT2D eigenvalue weighted by molar-refractivity contribution is 5.78. The van der Waals surface area contributed by atoms with Crippen molar-refractivity contribution < 1.29 is 4.79 Å². The minimum atomic E-state index is 0.313. The highest BCUT2D eigenvalue weighted by atomic mass is 16.2. The molecular weight excluding hydrogens is 226 g/mol. The van der Waals surface area contributed by atoms with Gasteiger partial charge in [0.1, 0.15) is 0 Å². The van der Waals surface area contributed by atoms with Crippen LogP contribution in [0.4, 0.5) is 0 Å². The van der Waals surface area contributed by atoms with E-state index in [0.717, 1.165) is 19.6 Å². The second-order valence-corrected chi connectivity index (χ2v) is 6.03. The van der Waals surface area contributed by atoms with Gasteiger partial charge in [-0.2, -0.15) is 0 Å². The smallest absolute Gasteiger partial charge is 0.236 e. The molecule has 1 amide bonds. The van der Waals surface area contributed by atoms with E-state index in [1.165, 1.54) is 45.1 Å². The summed E-state index contributed by atoms with van der Waals surface area (Å²) in [7, 11) is 0. The fourth-order valence-electron chi connectivity index (χ4n) is 3.69. The fourth-order valence-corrected chi connectivity index (χ4v) is 3.69. The van der Waals surface area contributed by atoms with Crippen LogP contribution in [0.5, 0.6) is 0 Å². The largest absolute Gasteiger partial charge is 0.339 e. The van der Waals surface area contributed by atoms with E-state index in [2.05, 4.69) is 15.1 Å². The van der Waals surface area contributed by atoms with Crippen LogP contribution in [0.3, 0.4) is 0 Å². The van der Waals surface area contributed by atoms with Crippen LogP contribution in [0, 0.1) is 0 Å². The molecule has 0 bridgehead atoms. The van der Waals surface area contributed by atoms with Gasteiger partial charge in [-0.05, 0) is 32.2 Å². The number of fused-ring (bicyclic) bond motifs is 1. The Bertz CT molecular complexity index is 301. The third kappa shape index (κ3) is 2.69. The Morgan fingerprint density at radius 3 is 2.72 bits per heavy atom. The number of carbonyl (C=O) groups excluding carboxylic acids is 1. The van der Waals surface area contributed by atoms with Gasteiger partial charge in [0.15, 0.2) is 0 Å². The molecule has 2 heterocycles. The predicted molar refractivity (Wildman–Crippen MR) is 71.4 cm³/mol. The zero-order valence-corrected chi connectivity index (χ0v) is 11.2. The second-order valence-electron chi connectivity index (χ2n) is 6.03. The molecule has 0 radical (unpaired) electrons. The maximum Gasteiger partial charge on any atom is 0.236 e. The Kier molecular flexibility index (Phi) is 3.85. The van der Waals surface area contributed by atoms with Gasteiger partial charge in [0, 0.05) is 31.7 Å². The van der Waals surface area contributed by atoms with Gasteiger partial charge in [0.05, 0.1) is 6.54 Å². The average molecular weight is 251 g/mol. The molecule has 1 atom stereocenters. The number of carbonyl (C=O) groups is 1. The summed E-state index contributed by atoms with van der Waals surface area (Å²) in [6.07, 6.45) is 7.75. The van der Waals surface area contributed by atoms with Crippen molar-refractivity contribution in [3.8, 4) is 0 Å². The van der Waals surface area contributed by atoms with E-state index in [0.29, 0.717) is 24.5 Å². The summed E-state index contributed by atoms with van der Waals surface area (Å²) >= 11 is 0. The van der Waals surface area contributed by atoms with Crippen LogP contribution in [-0.2, 0) is 4.79 Å². The number of nitrogens with one attached hydrogen (secondary N) is 1. The molecule has 0 aromatic rings. The molecule has 1 N–H and O–H groups in total. The van der Waals surface area contributed by atoms with Gasteiger partial charge in [-0.1, -0.05) is 12.8 Å². The van der Waals surface area contributed by atoms with Gasteiger partial charge in [-0.25, -0.2) is 0 Å². The molecule has 2 aliphatic heterocycles. The van der Waals surface area contributed by atoms with Gasteiger partial charge < -0.3 is 10.2 Å². The molecule has 1 saturated carbocycles. The molecular formula is C14H25N3O. The van der Waals surface area contributed by atoms with Crippen LogP contribution in [0.1, 0.15) is 38.5 Å². The maximum atomic E-state index is 12.2. The van der Waals surface area contributed by atoms with Gasteiger partial charge in [0.25, 0.3) is 0 Å². The standard InChI is InChI=1S/C14H25N3O/c18-14(10-15-12-4-1-2-5-12)17-9-8-16-7-3-6-13(16)11-17/h12-13,15H,1-11H2. The van der Waals surface area contributed by atoms with Gasteiger partial charge in [0.2, 0.25) is 5.91 Å². The van der Waals surface area contributed by atoms with Crippen LogP contribution in [0.25, 0.3) is 0 Å². The summed E-state index contributed by atoms with van der Waals surface area (Å²) in [6, 6.07) is 1.25. The number of amides is 1. The lowest BCUT2D eigenvalue weighted by atomic mass is 10.1. The zero-order valence-electron chi connectivity index (χ0n) is 11.2. The molecule has 18 heavy (non-hydrogen) atoms. The van der Waals surface area contributed by atoms with Crippen molar-refractivity contribution in [2.45, 2.75) is 50.6 Å². The van der Waals surface area contributed by atoms with Crippen LogP contribution in [0.15, 0.2) is 0 Å². The number of piperazine rings is 1. The quantitative estimate of drug-likeness (QED) is 0.807. The number of hydrogen-bond acceptors (Lipinski definition) is 3. The molecule has 4 nitrogen and oxygen atoms in total. The highest BCUT2D eigenvalue weighted by Gasteiger charge is 2.32. The highest BCUT2D eigenvalue weighted by Crippen LogP contribution is 2.21. The number of hydrogen-bond donors (Lipinski definition) is 1. The summed E-state index contributed by atoms with van der Waals surface area (Å²) in [6.45, 7) is 4.77. The van der Waals surface area contributed by atoms with E-state index < -0.39 is 0 Å². The van der Waals surface area contributed by atoms with Gasteiger partial charge in [-0.15, -0.1) is 0 Å². The molecule has 3 rings (SSSR count). The molecule has 3 fully saturated rings. The number of nitrogens with zero attached hydrogens (tertiary/aromatic N) is 2. The Morgan fingerprint density at radius 1 is 1.06 bits per heavy atom. The monoisotopic (exact) mass is 251 g/mol. The molecule has 0 spiro atoms. The Hall–Kier alpha value is -0.610. The third-order valence-electron chi connectivity index (χ3n) is 4.84. The first-order valence-corrected chi connectivity index (χ1v) is 7.58. The fraction of sp³-hybridized carbons (Fsp3) is 0.929. The van der Waals surface area contributed by atoms with Crippen molar-refractivity contribution in [2.75, 3.05) is 32.7 Å². The topological polar surface area (TPSA) is 35.6 Å². The molecule has 3 aliphatic rings. The average Bonchev–Trinajstić information content (AvgIpc) is 3.05. The van der Waals surface area contributed by atoms with Crippen molar-refractivity contribution >= 4 is 5.91 Å². The SMILES string of the molecule is O=C(CNC1CCCC1)N1CCN2CCCC2C1. The summed E-state index contributed by atoms with van der Waals surface area (Å²) < 4.78 is 0. The van der Waals surface area contributed by atoms with Gasteiger partial charge >= 0.3 is 0 Å². The lowest BCUT2D eigenvalue weighted by molar-refractivity contribution is -0.132. The van der Waals surface area contributed by atoms with Crippen molar-refractivity contribution in [1.29, 1.82) is 0 Å². The minimum absolute atomic E-state index is 0.313. The van der Waals surface area contributed by atoms with Crippen molar-refractivity contribution in [1.82, 2.24) is 15.1 Å². The lowest BCUT2D eigenvalue weighted by Crippen LogP contribution is -2.54. The lowest BCUT2D eigenvalue weighted by Gasteiger charge is -2.37. The van der Waals surface area contributed by atoms with Crippen molar-refractivity contribution in [3.05, 3.63) is 0 Å². The van der Waals surface area contributed by atoms with E-state index in [1.54, 1.807) is 0 Å². The summed E-state index contributed by atoms with van der Waals surface area (Å²) in [5, 5.41) is 3.43. The third-order valence-corrected chi connectivity index (χ3v) is 4.84. The number of rotatable bonds is 3. The first-order valence-electron chi connectivity index (χ1n) is 7.58. The molecule has 1 unspecified atom stereocenters. The first-order chi connectivity index (χ1) is 8.83. The summed E-state index contributed by atoms with van der Waals surface area (Å²) in [4.78, 5) is 16.8. The van der Waals surface area contributed by atoms with E-state index in [1.807, 2.05) is 0 Å². The second kappa shape index (κ2) is 5.57. The van der Waals surface area contributed by atoms with Crippen LogP contribution >= 0.6 is 0 Å². The molecule has 0 aromatic heterocycles.